The number of alkyl halides is 3. The number of rotatable bonds is 4. The summed E-state index contributed by atoms with van der Waals surface area (Å²) in [5.41, 5.74) is 0.246. The van der Waals surface area contributed by atoms with Crippen molar-refractivity contribution in [3.8, 4) is 0 Å². The minimum Gasteiger partial charge on any atom is -0.360 e. The van der Waals surface area contributed by atoms with Gasteiger partial charge in [0.05, 0.1) is 35.7 Å². The summed E-state index contributed by atoms with van der Waals surface area (Å²) in [6, 6.07) is 4.42. The number of hydrogen-bond donors (Lipinski definition) is 1. The molecule has 1 aromatic heterocycles. The van der Waals surface area contributed by atoms with Gasteiger partial charge in [0.25, 0.3) is 5.56 Å². The molecule has 0 saturated carbocycles. The second-order valence-electron chi connectivity index (χ2n) is 9.01. The number of hydrogen-bond acceptors (Lipinski definition) is 7. The Morgan fingerprint density at radius 2 is 2.00 bits per heavy atom. The highest BCUT2D eigenvalue weighted by Crippen LogP contribution is 2.36. The molecule has 194 valence electrons. The van der Waals surface area contributed by atoms with Crippen molar-refractivity contribution in [1.29, 1.82) is 0 Å². The third kappa shape index (κ3) is 5.27. The zero-order chi connectivity index (χ0) is 26.0. The summed E-state index contributed by atoms with van der Waals surface area (Å²) in [6.07, 6.45) is -0.505. The highest BCUT2D eigenvalue weighted by atomic mass is 35.5. The van der Waals surface area contributed by atoms with Crippen LogP contribution >= 0.6 is 11.6 Å². The summed E-state index contributed by atoms with van der Waals surface area (Å²) in [5.74, 6) is 5.65. The molecule has 8 nitrogen and oxygen atoms in total. The number of ether oxygens (including phenoxy) is 1. The van der Waals surface area contributed by atoms with Crippen molar-refractivity contribution < 1.29 is 17.9 Å². The smallest absolute Gasteiger partial charge is 0.360 e. The van der Waals surface area contributed by atoms with Crippen LogP contribution in [0, 0.1) is 0 Å². The third-order valence-electron chi connectivity index (χ3n) is 6.56. The Hall–Kier alpha value is -2.92. The first-order valence-corrected chi connectivity index (χ1v) is 12.1. The Bertz CT molecular complexity index is 1220. The fourth-order valence-electron chi connectivity index (χ4n) is 4.66. The molecule has 2 unspecified atom stereocenters. The summed E-state index contributed by atoms with van der Waals surface area (Å²) in [6.45, 7) is 4.25. The summed E-state index contributed by atoms with van der Waals surface area (Å²) >= 11 is 6.49. The van der Waals surface area contributed by atoms with Gasteiger partial charge in [-0.15, -0.1) is 0 Å². The second-order valence-corrected chi connectivity index (χ2v) is 9.39. The van der Waals surface area contributed by atoms with Gasteiger partial charge in [-0.1, -0.05) is 29.8 Å². The van der Waals surface area contributed by atoms with Gasteiger partial charge in [-0.3, -0.25) is 9.79 Å². The quantitative estimate of drug-likeness (QED) is 0.460. The lowest BCUT2D eigenvalue weighted by Gasteiger charge is -2.37. The summed E-state index contributed by atoms with van der Waals surface area (Å²) in [5, 5.41) is 8.17. The van der Waals surface area contributed by atoms with Gasteiger partial charge in [0.15, 0.2) is 6.23 Å². The van der Waals surface area contributed by atoms with E-state index >= 15 is 0 Å². The zero-order valence-corrected chi connectivity index (χ0v) is 20.8. The van der Waals surface area contributed by atoms with Crippen molar-refractivity contribution in [2.45, 2.75) is 64.0 Å². The van der Waals surface area contributed by atoms with Crippen LogP contribution in [0.1, 0.15) is 62.9 Å². The normalized spacial score (nSPS) is 24.3. The minimum atomic E-state index is -4.49. The molecule has 0 amide bonds. The lowest BCUT2D eigenvalue weighted by atomic mass is 9.97. The van der Waals surface area contributed by atoms with Gasteiger partial charge in [0.2, 0.25) is 0 Å². The number of piperidine rings is 1. The van der Waals surface area contributed by atoms with E-state index in [1.807, 2.05) is 11.8 Å². The van der Waals surface area contributed by atoms with Gasteiger partial charge in [0.1, 0.15) is 10.7 Å². The largest absolute Gasteiger partial charge is 0.416 e. The van der Waals surface area contributed by atoms with E-state index in [1.54, 1.807) is 13.0 Å². The minimum absolute atomic E-state index is 0.00950. The van der Waals surface area contributed by atoms with Crippen molar-refractivity contribution in [3.05, 3.63) is 57.0 Å². The van der Waals surface area contributed by atoms with E-state index in [1.165, 1.54) is 23.0 Å². The maximum absolute atomic E-state index is 13.5. The van der Waals surface area contributed by atoms with Crippen LogP contribution in [0.2, 0.25) is 5.02 Å². The molecule has 0 radical (unpaired) electrons. The molecular formula is C24H28ClF3N6O2. The predicted octanol–water partition coefficient (Wildman–Crippen LogP) is 4.73. The van der Waals surface area contributed by atoms with Crippen LogP contribution < -0.4 is 16.3 Å². The lowest BCUT2D eigenvalue weighted by molar-refractivity contribution is -0.138. The highest BCUT2D eigenvalue weighted by molar-refractivity contribution is 6.44. The first-order valence-electron chi connectivity index (χ1n) is 11.8. The van der Waals surface area contributed by atoms with Gasteiger partial charge in [-0.2, -0.15) is 28.1 Å². The molecule has 2 saturated heterocycles. The molecule has 0 aliphatic carbocycles. The zero-order valence-electron chi connectivity index (χ0n) is 20.0. The maximum atomic E-state index is 13.5. The second kappa shape index (κ2) is 10.6. The van der Waals surface area contributed by atoms with Crippen molar-refractivity contribution in [3.63, 3.8) is 0 Å². The van der Waals surface area contributed by atoms with E-state index in [-0.39, 0.29) is 23.2 Å². The molecule has 0 bridgehead atoms. The monoisotopic (exact) mass is 524 g/mol. The van der Waals surface area contributed by atoms with Crippen LogP contribution in [0.15, 0.2) is 45.4 Å². The van der Waals surface area contributed by atoms with Crippen LogP contribution in [-0.4, -0.2) is 40.4 Å². The van der Waals surface area contributed by atoms with Crippen LogP contribution in [-0.2, 0) is 10.9 Å². The van der Waals surface area contributed by atoms with Gasteiger partial charge in [0, 0.05) is 19.1 Å². The molecule has 4 rings (SSSR count). The van der Waals surface area contributed by atoms with E-state index in [2.05, 4.69) is 15.2 Å². The SMILES string of the molecule is CC(N=C1C[C@@H](C)N(c2cnn(C3CCCCO3)c(=O)c2Cl)CC1=NN)c1ccccc1C(F)(F)F. The number of anilines is 1. The summed E-state index contributed by atoms with van der Waals surface area (Å²) < 4.78 is 47.4. The number of nitrogens with zero attached hydrogens (tertiary/aromatic N) is 5. The first-order chi connectivity index (χ1) is 17.1. The average molecular weight is 525 g/mol. The van der Waals surface area contributed by atoms with Gasteiger partial charge >= 0.3 is 6.18 Å². The third-order valence-corrected chi connectivity index (χ3v) is 6.91. The van der Waals surface area contributed by atoms with Crippen molar-refractivity contribution in [2.24, 2.45) is 15.9 Å². The van der Waals surface area contributed by atoms with Crippen LogP contribution in [0.25, 0.3) is 0 Å². The number of aliphatic imine (C=N–C) groups is 1. The average Bonchev–Trinajstić information content (AvgIpc) is 2.86. The molecule has 2 N–H and O–H groups in total. The maximum Gasteiger partial charge on any atom is 0.416 e. The lowest BCUT2D eigenvalue weighted by Crippen LogP contribution is -2.48. The Morgan fingerprint density at radius 1 is 1.25 bits per heavy atom. The molecule has 36 heavy (non-hydrogen) atoms. The van der Waals surface area contributed by atoms with E-state index in [9.17, 15) is 18.0 Å². The fourth-order valence-corrected chi connectivity index (χ4v) is 4.91. The molecular weight excluding hydrogens is 497 g/mol. The Balaban J connectivity index is 1.60. The molecule has 1 aromatic carbocycles. The Morgan fingerprint density at radius 3 is 2.67 bits per heavy atom. The van der Waals surface area contributed by atoms with Crippen molar-refractivity contribution in [1.82, 2.24) is 9.78 Å². The number of hydrazone groups is 1. The Kier molecular flexibility index (Phi) is 7.70. The standard InChI is InChI=1S/C24H28ClF3N6O2/c1-14-11-18(31-15(2)16-7-3-4-8-17(16)24(26,27)28)19(32-29)13-33(14)20-12-30-34(23(35)22(20)25)21-9-5-6-10-36-21/h3-4,7-8,12,14-15,21H,5-6,9-11,13,29H2,1-2H3/t14-,15?,21?/m1/s1. The topological polar surface area (TPSA) is 98.1 Å². The van der Waals surface area contributed by atoms with Crippen LogP contribution in [0.4, 0.5) is 18.9 Å². The molecule has 2 aromatic rings. The van der Waals surface area contributed by atoms with Crippen molar-refractivity contribution in [2.75, 3.05) is 18.1 Å². The van der Waals surface area contributed by atoms with Gasteiger partial charge < -0.3 is 15.5 Å². The molecule has 12 heteroatoms. The number of nitrogens with two attached hydrogens (primary N) is 1. The highest BCUT2D eigenvalue weighted by Gasteiger charge is 2.35. The van der Waals surface area contributed by atoms with Gasteiger partial charge in [-0.05, 0) is 44.7 Å². The summed E-state index contributed by atoms with van der Waals surface area (Å²) in [7, 11) is 0. The Labute approximate surface area is 211 Å². The molecule has 0 spiro atoms. The summed E-state index contributed by atoms with van der Waals surface area (Å²) in [4.78, 5) is 19.4. The van der Waals surface area contributed by atoms with Gasteiger partial charge in [-0.25, -0.2) is 0 Å². The van der Waals surface area contributed by atoms with E-state index in [0.29, 0.717) is 36.6 Å². The molecule has 2 fully saturated rings. The molecule has 3 atom stereocenters. The number of benzene rings is 1. The fraction of sp³-hybridized carbons (Fsp3) is 0.500. The van der Waals surface area contributed by atoms with E-state index in [4.69, 9.17) is 22.2 Å². The first kappa shape index (κ1) is 26.2. The molecule has 2 aliphatic rings. The molecule has 3 heterocycles. The number of aromatic nitrogens is 2. The molecule has 2 aliphatic heterocycles. The van der Waals surface area contributed by atoms with Crippen molar-refractivity contribution >= 4 is 28.7 Å². The van der Waals surface area contributed by atoms with E-state index in [0.717, 1.165) is 18.9 Å². The predicted molar refractivity (Wildman–Crippen MR) is 133 cm³/mol. The van der Waals surface area contributed by atoms with Crippen LogP contribution in [0.3, 0.4) is 0 Å². The van der Waals surface area contributed by atoms with E-state index < -0.39 is 29.6 Å². The van der Waals surface area contributed by atoms with Crippen LogP contribution in [0.5, 0.6) is 0 Å². The number of halogens is 4.